The van der Waals surface area contributed by atoms with Gasteiger partial charge in [-0.1, -0.05) is 30.3 Å². The highest BCUT2D eigenvalue weighted by Crippen LogP contribution is 2.02. The SMILES string of the molecule is N#C/C(=C/NCc1ccccc1)C(=O)N(CCO)CCO. The number of carbonyl (C=O) groups excluding carboxylic acids is 1. The molecule has 21 heavy (non-hydrogen) atoms. The van der Waals surface area contributed by atoms with Crippen LogP contribution in [0, 0.1) is 11.3 Å². The lowest BCUT2D eigenvalue weighted by molar-refractivity contribution is -0.127. The van der Waals surface area contributed by atoms with E-state index in [4.69, 9.17) is 15.5 Å². The van der Waals surface area contributed by atoms with Crippen molar-refractivity contribution < 1.29 is 15.0 Å². The number of carbonyl (C=O) groups is 1. The number of rotatable bonds is 8. The van der Waals surface area contributed by atoms with Crippen molar-refractivity contribution in [3.63, 3.8) is 0 Å². The fourth-order valence-corrected chi connectivity index (χ4v) is 1.74. The van der Waals surface area contributed by atoms with Crippen LogP contribution in [0.5, 0.6) is 0 Å². The van der Waals surface area contributed by atoms with Gasteiger partial charge in [0.2, 0.25) is 0 Å². The molecule has 0 saturated carbocycles. The van der Waals surface area contributed by atoms with Crippen LogP contribution in [-0.4, -0.2) is 47.3 Å². The van der Waals surface area contributed by atoms with Crippen molar-refractivity contribution in [3.05, 3.63) is 47.7 Å². The summed E-state index contributed by atoms with van der Waals surface area (Å²) in [6, 6.07) is 11.4. The smallest absolute Gasteiger partial charge is 0.266 e. The minimum absolute atomic E-state index is 0.0622. The topological polar surface area (TPSA) is 96.6 Å². The normalized spacial score (nSPS) is 10.8. The van der Waals surface area contributed by atoms with E-state index in [0.29, 0.717) is 6.54 Å². The van der Waals surface area contributed by atoms with E-state index in [9.17, 15) is 4.79 Å². The standard InChI is InChI=1S/C15H19N3O3/c16-10-14(15(21)18(6-8-19)7-9-20)12-17-11-13-4-2-1-3-5-13/h1-5,12,17,19-20H,6-9,11H2/b14-12-. The average Bonchev–Trinajstić information content (AvgIpc) is 2.52. The molecule has 0 saturated heterocycles. The van der Waals surface area contributed by atoms with Crippen LogP contribution in [0.3, 0.4) is 0 Å². The predicted molar refractivity (Wildman–Crippen MR) is 77.7 cm³/mol. The third-order valence-corrected chi connectivity index (χ3v) is 2.77. The predicted octanol–water partition coefficient (Wildman–Crippen LogP) is -0.00312. The monoisotopic (exact) mass is 289 g/mol. The second kappa shape index (κ2) is 9.53. The van der Waals surface area contributed by atoms with Crippen LogP contribution in [0.15, 0.2) is 42.1 Å². The van der Waals surface area contributed by atoms with Crippen LogP contribution in [0.4, 0.5) is 0 Å². The van der Waals surface area contributed by atoms with E-state index in [1.165, 1.54) is 11.1 Å². The lowest BCUT2D eigenvalue weighted by Crippen LogP contribution is -2.37. The van der Waals surface area contributed by atoms with Gasteiger partial charge in [0.1, 0.15) is 11.6 Å². The van der Waals surface area contributed by atoms with E-state index >= 15 is 0 Å². The number of amides is 1. The molecule has 0 bridgehead atoms. The number of nitrogens with one attached hydrogen (secondary N) is 1. The Morgan fingerprint density at radius 3 is 2.38 bits per heavy atom. The minimum atomic E-state index is -0.513. The van der Waals surface area contributed by atoms with Crippen molar-refractivity contribution in [2.45, 2.75) is 6.54 Å². The molecule has 0 fully saturated rings. The maximum absolute atomic E-state index is 12.1. The van der Waals surface area contributed by atoms with Crippen LogP contribution in [0.2, 0.25) is 0 Å². The molecule has 0 aliphatic rings. The molecule has 1 aromatic carbocycles. The quantitative estimate of drug-likeness (QED) is 0.462. The van der Waals surface area contributed by atoms with Gasteiger partial charge in [0.15, 0.2) is 0 Å². The molecule has 0 spiro atoms. The molecule has 112 valence electrons. The third kappa shape index (κ3) is 5.65. The molecular weight excluding hydrogens is 270 g/mol. The highest BCUT2D eigenvalue weighted by Gasteiger charge is 2.17. The molecule has 3 N–H and O–H groups in total. The summed E-state index contributed by atoms with van der Waals surface area (Å²) in [6.07, 6.45) is 1.36. The Morgan fingerprint density at radius 1 is 1.24 bits per heavy atom. The van der Waals surface area contributed by atoms with Gasteiger partial charge < -0.3 is 20.4 Å². The zero-order valence-electron chi connectivity index (χ0n) is 11.7. The number of hydrogen-bond acceptors (Lipinski definition) is 5. The number of nitrogens with zero attached hydrogens (tertiary/aromatic N) is 2. The van der Waals surface area contributed by atoms with Crippen molar-refractivity contribution >= 4 is 5.91 Å². The van der Waals surface area contributed by atoms with Gasteiger partial charge in [-0.3, -0.25) is 4.79 Å². The third-order valence-electron chi connectivity index (χ3n) is 2.77. The van der Waals surface area contributed by atoms with Crippen LogP contribution >= 0.6 is 0 Å². The zero-order valence-corrected chi connectivity index (χ0v) is 11.7. The van der Waals surface area contributed by atoms with E-state index in [0.717, 1.165) is 5.56 Å². The highest BCUT2D eigenvalue weighted by molar-refractivity contribution is 5.97. The molecule has 0 aliphatic carbocycles. The number of benzene rings is 1. The van der Waals surface area contributed by atoms with Crippen LogP contribution in [0.25, 0.3) is 0 Å². The Labute approximate surface area is 123 Å². The van der Waals surface area contributed by atoms with Crippen LogP contribution in [-0.2, 0) is 11.3 Å². The molecule has 6 heteroatoms. The summed E-state index contributed by atoms with van der Waals surface area (Å²) >= 11 is 0. The van der Waals surface area contributed by atoms with E-state index in [2.05, 4.69) is 5.32 Å². The first-order valence-electron chi connectivity index (χ1n) is 6.61. The lowest BCUT2D eigenvalue weighted by Gasteiger charge is -2.20. The molecule has 0 unspecified atom stereocenters. The van der Waals surface area contributed by atoms with Gasteiger partial charge in [-0.25, -0.2) is 0 Å². The van der Waals surface area contributed by atoms with Gasteiger partial charge in [0.25, 0.3) is 5.91 Å². The Hall–Kier alpha value is -2.36. The first-order chi connectivity index (χ1) is 10.2. The summed E-state index contributed by atoms with van der Waals surface area (Å²) in [6.45, 7) is 0.220. The fourth-order valence-electron chi connectivity index (χ4n) is 1.74. The van der Waals surface area contributed by atoms with Gasteiger partial charge in [-0.15, -0.1) is 0 Å². The van der Waals surface area contributed by atoms with E-state index in [1.54, 1.807) is 0 Å². The van der Waals surface area contributed by atoms with Crippen LogP contribution in [0.1, 0.15) is 5.56 Å². The first kappa shape index (κ1) is 16.7. The summed E-state index contributed by atoms with van der Waals surface area (Å²) in [7, 11) is 0. The summed E-state index contributed by atoms with van der Waals surface area (Å²) in [5.74, 6) is -0.513. The lowest BCUT2D eigenvalue weighted by atomic mass is 10.2. The first-order valence-corrected chi connectivity index (χ1v) is 6.61. The van der Waals surface area contributed by atoms with Gasteiger partial charge >= 0.3 is 0 Å². The van der Waals surface area contributed by atoms with Crippen molar-refractivity contribution in [2.75, 3.05) is 26.3 Å². The summed E-state index contributed by atoms with van der Waals surface area (Å²) in [4.78, 5) is 13.3. The molecule has 6 nitrogen and oxygen atoms in total. The van der Waals surface area contributed by atoms with Gasteiger partial charge in [0.05, 0.1) is 13.2 Å². The van der Waals surface area contributed by atoms with Crippen molar-refractivity contribution in [3.8, 4) is 6.07 Å². The minimum Gasteiger partial charge on any atom is -0.395 e. The van der Waals surface area contributed by atoms with Crippen molar-refractivity contribution in [1.29, 1.82) is 5.26 Å². The number of aliphatic hydroxyl groups is 2. The van der Waals surface area contributed by atoms with E-state index in [1.807, 2.05) is 36.4 Å². The second-order valence-corrected chi connectivity index (χ2v) is 4.28. The maximum Gasteiger partial charge on any atom is 0.266 e. The molecule has 0 aromatic heterocycles. The Balaban J connectivity index is 2.65. The van der Waals surface area contributed by atoms with E-state index < -0.39 is 5.91 Å². The second-order valence-electron chi connectivity index (χ2n) is 4.28. The summed E-state index contributed by atoms with van der Waals surface area (Å²) in [5, 5.41) is 29.8. The average molecular weight is 289 g/mol. The fraction of sp³-hybridized carbons (Fsp3) is 0.333. The molecular formula is C15H19N3O3. The maximum atomic E-state index is 12.1. The molecule has 1 aromatic rings. The zero-order chi connectivity index (χ0) is 15.5. The molecule has 0 atom stereocenters. The van der Waals surface area contributed by atoms with Crippen LogP contribution < -0.4 is 5.32 Å². The number of nitriles is 1. The van der Waals surface area contributed by atoms with Crippen molar-refractivity contribution in [2.24, 2.45) is 0 Å². The summed E-state index contributed by atoms with van der Waals surface area (Å²) < 4.78 is 0. The van der Waals surface area contributed by atoms with Gasteiger partial charge in [-0.2, -0.15) is 5.26 Å². The summed E-state index contributed by atoms with van der Waals surface area (Å²) in [5.41, 5.74) is 0.967. The number of aliphatic hydroxyl groups excluding tert-OH is 2. The Bertz CT molecular complexity index is 503. The number of hydrogen-bond donors (Lipinski definition) is 3. The van der Waals surface area contributed by atoms with Crippen molar-refractivity contribution in [1.82, 2.24) is 10.2 Å². The molecule has 0 aliphatic heterocycles. The largest absolute Gasteiger partial charge is 0.395 e. The van der Waals surface area contributed by atoms with Gasteiger partial charge in [-0.05, 0) is 5.56 Å². The Kier molecular flexibility index (Phi) is 7.58. The van der Waals surface area contributed by atoms with Gasteiger partial charge in [0, 0.05) is 25.8 Å². The highest BCUT2D eigenvalue weighted by atomic mass is 16.3. The van der Waals surface area contributed by atoms with E-state index in [-0.39, 0.29) is 31.9 Å². The Morgan fingerprint density at radius 2 is 1.86 bits per heavy atom. The molecule has 0 heterocycles. The molecule has 1 amide bonds. The molecule has 0 radical (unpaired) electrons. The molecule has 1 rings (SSSR count).